The second-order valence-corrected chi connectivity index (χ2v) is 9.96. The van der Waals surface area contributed by atoms with Crippen LogP contribution in [-0.2, 0) is 0 Å². The van der Waals surface area contributed by atoms with E-state index < -0.39 is 114 Å². The van der Waals surface area contributed by atoms with Crippen LogP contribution in [0.1, 0.15) is 45.6 Å². The van der Waals surface area contributed by atoms with Crippen LogP contribution in [0.5, 0.6) is 0 Å². The molecule has 0 saturated heterocycles. The van der Waals surface area contributed by atoms with Gasteiger partial charge in [0.15, 0.2) is 0 Å². The Labute approximate surface area is 245 Å². The van der Waals surface area contributed by atoms with Gasteiger partial charge >= 0.3 is 24.2 Å². The third kappa shape index (κ3) is 7.12. The number of halogens is 10. The predicted molar refractivity (Wildman–Crippen MR) is 132 cm³/mol. The molecule has 0 radical (unpaired) electrons. The van der Waals surface area contributed by atoms with Crippen molar-refractivity contribution in [2.45, 2.75) is 35.7 Å². The van der Waals surface area contributed by atoms with E-state index in [2.05, 4.69) is 20.2 Å². The summed E-state index contributed by atoms with van der Waals surface area (Å²) in [6.07, 6.45) is -18.8. The van der Waals surface area contributed by atoms with Gasteiger partial charge in [0.2, 0.25) is 0 Å². The molecule has 0 bridgehead atoms. The Morgan fingerprint density at radius 2 is 1.00 bits per heavy atom. The zero-order valence-corrected chi connectivity index (χ0v) is 22.1. The summed E-state index contributed by atoms with van der Waals surface area (Å²) in [6, 6.07) is 3.10. The Morgan fingerprint density at radius 3 is 1.27 bits per heavy atom. The van der Waals surface area contributed by atoms with Crippen molar-refractivity contribution < 1.29 is 53.8 Å². The van der Waals surface area contributed by atoms with Crippen LogP contribution in [-0.4, -0.2) is 52.6 Å². The number of hydrogen-bond acceptors (Lipinski definition) is 9. The topological polar surface area (TPSA) is 169 Å². The number of nitrogens with one attached hydrogen (secondary N) is 2. The maximum atomic E-state index is 14.4. The average Bonchev–Trinajstić information content (AvgIpc) is 3.62. The number of aromatic amines is 2. The molecule has 23 heteroatoms. The molecule has 0 aliphatic carbocycles. The number of aromatic nitrogens is 6. The molecule has 2 unspecified atom stereocenters. The summed E-state index contributed by atoms with van der Waals surface area (Å²) >= 11 is -1.03. The third-order valence-corrected chi connectivity index (χ3v) is 7.47. The summed E-state index contributed by atoms with van der Waals surface area (Å²) in [6.45, 7) is 0. The summed E-state index contributed by atoms with van der Waals surface area (Å²) in [4.78, 5) is 26.4. The zero-order valence-electron chi connectivity index (χ0n) is 21.3. The third-order valence-electron chi connectivity index (χ3n) is 5.88. The molecule has 0 spiro atoms. The van der Waals surface area contributed by atoms with E-state index in [9.17, 15) is 64.1 Å². The second kappa shape index (κ2) is 12.3. The van der Waals surface area contributed by atoms with Crippen LogP contribution >= 0.6 is 11.8 Å². The Kier molecular flexibility index (Phi) is 9.02. The van der Waals surface area contributed by atoms with Gasteiger partial charge in [-0.15, -0.1) is 22.0 Å². The molecule has 0 aliphatic heterocycles. The van der Waals surface area contributed by atoms with Gasteiger partial charge in [-0.25, -0.2) is 17.6 Å². The number of H-pyrrole nitrogens is 2. The molecule has 2 heterocycles. The van der Waals surface area contributed by atoms with E-state index in [-0.39, 0.29) is 0 Å². The Balaban J connectivity index is 1.89. The highest BCUT2D eigenvalue weighted by molar-refractivity contribution is 7.99. The normalized spacial score (nSPS) is 13.8. The molecule has 0 aliphatic rings. The molecule has 4 aromatic rings. The number of nitro groups is 2. The molecular formula is C22H12F10N8O4S. The van der Waals surface area contributed by atoms with Crippen LogP contribution in [0.3, 0.4) is 0 Å². The molecule has 2 atom stereocenters. The lowest BCUT2D eigenvalue weighted by Gasteiger charge is -2.30. The molecular weight excluding hydrogens is 662 g/mol. The average molecular weight is 674 g/mol. The van der Waals surface area contributed by atoms with Crippen molar-refractivity contribution in [1.82, 2.24) is 30.4 Å². The van der Waals surface area contributed by atoms with Crippen molar-refractivity contribution in [3.8, 4) is 22.8 Å². The Bertz CT molecular complexity index is 1600. The van der Waals surface area contributed by atoms with E-state index in [0.29, 0.717) is 24.3 Å². The van der Waals surface area contributed by atoms with E-state index in [1.165, 1.54) is 0 Å². The highest BCUT2D eigenvalue weighted by atomic mass is 32.2. The van der Waals surface area contributed by atoms with Crippen LogP contribution in [0.25, 0.3) is 22.8 Å². The number of nitrogens with zero attached hydrogens (tertiary/aromatic N) is 6. The maximum Gasteiger partial charge on any atom is 0.453 e. The van der Waals surface area contributed by atoms with Gasteiger partial charge in [0.1, 0.15) is 10.5 Å². The van der Waals surface area contributed by atoms with Crippen molar-refractivity contribution in [2.24, 2.45) is 0 Å². The predicted octanol–water partition coefficient (Wildman–Crippen LogP) is 7.59. The van der Waals surface area contributed by atoms with Crippen molar-refractivity contribution in [3.63, 3.8) is 0 Å². The van der Waals surface area contributed by atoms with Crippen LogP contribution in [0, 0.1) is 20.2 Å². The van der Waals surface area contributed by atoms with Gasteiger partial charge in [-0.2, -0.15) is 26.3 Å². The fraction of sp³-hybridized carbons (Fsp3) is 0.273. The van der Waals surface area contributed by atoms with Gasteiger partial charge in [-0.3, -0.25) is 0 Å². The minimum Gasteiger partial charge on any atom is -0.390 e. The quantitative estimate of drug-likeness (QED) is 0.0978. The van der Waals surface area contributed by atoms with Crippen molar-refractivity contribution >= 4 is 23.7 Å². The minimum atomic E-state index is -5.71. The molecule has 2 N–H and O–H groups in total. The van der Waals surface area contributed by atoms with Gasteiger partial charge in [-0.05, 0) is 55.2 Å². The number of thioether (sulfide) groups is 1. The van der Waals surface area contributed by atoms with Crippen molar-refractivity contribution in [2.75, 3.05) is 0 Å². The van der Waals surface area contributed by atoms with E-state index >= 15 is 0 Å². The lowest BCUT2D eigenvalue weighted by Crippen LogP contribution is -2.26. The molecule has 45 heavy (non-hydrogen) atoms. The smallest absolute Gasteiger partial charge is 0.390 e. The summed E-state index contributed by atoms with van der Waals surface area (Å²) in [7, 11) is 0. The molecule has 0 amide bonds. The van der Waals surface area contributed by atoms with E-state index in [1.54, 1.807) is 0 Å². The number of alkyl halides is 10. The first-order valence-corrected chi connectivity index (χ1v) is 12.6. The molecule has 0 fully saturated rings. The van der Waals surface area contributed by atoms with Gasteiger partial charge < -0.3 is 20.2 Å². The van der Waals surface area contributed by atoms with Gasteiger partial charge in [0.05, 0.1) is 0 Å². The molecule has 12 nitrogen and oxygen atoms in total. The second-order valence-electron chi connectivity index (χ2n) is 8.75. The van der Waals surface area contributed by atoms with Crippen LogP contribution in [0.4, 0.5) is 55.8 Å². The summed E-state index contributed by atoms with van der Waals surface area (Å²) < 4.78 is 142. The van der Waals surface area contributed by atoms with E-state index in [4.69, 9.17) is 0 Å². The maximum absolute atomic E-state index is 14.4. The zero-order chi connectivity index (χ0) is 33.4. The monoisotopic (exact) mass is 674 g/mol. The number of hydrogen-bond donors (Lipinski definition) is 2. The largest absolute Gasteiger partial charge is 0.453 e. The summed E-state index contributed by atoms with van der Waals surface area (Å²) in [5, 5.41) is 25.4. The van der Waals surface area contributed by atoms with E-state index in [1.807, 2.05) is 10.2 Å². The SMILES string of the molecule is O=[N+]([O-])c1nc(-c2ccc(C(F)F)c(C(SC(c3cc(-c4n[nH]c([N+](=O)[O-])n4)ccc3C(F)F)C(F)(F)F)C(F)(F)F)c2)n[nH]1. The first-order chi connectivity index (χ1) is 20.9. The van der Waals surface area contributed by atoms with E-state index in [0.717, 1.165) is 12.1 Å². The molecule has 4 rings (SSSR count). The molecule has 0 saturated carbocycles. The van der Waals surface area contributed by atoms with Gasteiger partial charge in [0.25, 0.3) is 24.5 Å². The van der Waals surface area contributed by atoms with Crippen molar-refractivity contribution in [3.05, 3.63) is 78.9 Å². The molecule has 240 valence electrons. The number of rotatable bonds is 10. The highest BCUT2D eigenvalue weighted by Gasteiger charge is 2.51. The molecule has 2 aromatic carbocycles. The van der Waals surface area contributed by atoms with Crippen molar-refractivity contribution in [1.29, 1.82) is 0 Å². The minimum absolute atomic E-state index is 0.365. The van der Waals surface area contributed by atoms with Gasteiger partial charge in [-0.1, -0.05) is 22.3 Å². The Morgan fingerprint density at radius 1 is 0.644 bits per heavy atom. The highest BCUT2D eigenvalue weighted by Crippen LogP contribution is 2.57. The fourth-order valence-corrected chi connectivity index (χ4v) is 5.28. The first kappa shape index (κ1) is 33.1. The summed E-state index contributed by atoms with van der Waals surface area (Å²) in [5.74, 6) is -3.29. The standard InChI is InChI=1S/C22H12F10N8O4S/c23-15(24)9-3-1-7(17-33-19(37-35-17)39(41)42)5-11(9)13(21(27,28)29)45-14(22(30,31)32)12-6-8(2-4-10(12)16(25)26)18-34-20(38-36-18)40(43)44/h1-6,13-16H,(H,33,35,37)(H,34,36,38). The fourth-order valence-electron chi connectivity index (χ4n) is 4.00. The first-order valence-electron chi connectivity index (χ1n) is 11.7. The molecule has 2 aromatic heterocycles. The van der Waals surface area contributed by atoms with Crippen LogP contribution in [0.15, 0.2) is 36.4 Å². The summed E-state index contributed by atoms with van der Waals surface area (Å²) in [5.41, 5.74) is -6.68. The van der Waals surface area contributed by atoms with Crippen LogP contribution < -0.4 is 0 Å². The van der Waals surface area contributed by atoms with Crippen LogP contribution in [0.2, 0.25) is 0 Å². The van der Waals surface area contributed by atoms with Gasteiger partial charge in [0, 0.05) is 22.3 Å². The number of benzene rings is 2. The Hall–Kier alpha value is -4.83. The lowest BCUT2D eigenvalue weighted by molar-refractivity contribution is -0.394. The lowest BCUT2D eigenvalue weighted by atomic mass is 10.00.